The lowest BCUT2D eigenvalue weighted by Crippen LogP contribution is -2.37. The molecule has 188 valence electrons. The van der Waals surface area contributed by atoms with Crippen LogP contribution in [0.4, 0.5) is 10.1 Å². The van der Waals surface area contributed by atoms with Crippen LogP contribution in [0.2, 0.25) is 0 Å². The van der Waals surface area contributed by atoms with Crippen molar-refractivity contribution < 1.29 is 27.1 Å². The molecule has 3 rings (SSSR count). The number of hydrogen-bond acceptors (Lipinski definition) is 7. The van der Waals surface area contributed by atoms with Gasteiger partial charge in [0.05, 0.1) is 23.2 Å². The summed E-state index contributed by atoms with van der Waals surface area (Å²) >= 11 is 0. The zero-order valence-electron chi connectivity index (χ0n) is 20.0. The number of ether oxygens (including phenoxy) is 2. The highest BCUT2D eigenvalue weighted by Crippen LogP contribution is 2.33. The number of amides is 1. The van der Waals surface area contributed by atoms with E-state index in [1.165, 1.54) is 36.4 Å². The molecule has 0 spiro atoms. The Labute approximate surface area is 209 Å². The summed E-state index contributed by atoms with van der Waals surface area (Å²) in [5, 5.41) is 11.9. The second-order valence-electron chi connectivity index (χ2n) is 7.97. The van der Waals surface area contributed by atoms with Gasteiger partial charge in [-0.2, -0.15) is 5.26 Å². The average Bonchev–Trinajstić information content (AvgIpc) is 2.84. The van der Waals surface area contributed by atoms with Gasteiger partial charge in [0, 0.05) is 5.69 Å². The van der Waals surface area contributed by atoms with E-state index in [9.17, 15) is 17.6 Å². The molecule has 1 atom stereocenters. The Morgan fingerprint density at radius 3 is 2.39 bits per heavy atom. The molecule has 8 nitrogen and oxygen atoms in total. The van der Waals surface area contributed by atoms with Gasteiger partial charge in [0.2, 0.25) is 0 Å². The number of sulfonamides is 1. The summed E-state index contributed by atoms with van der Waals surface area (Å²) < 4.78 is 53.4. The SMILES string of the molecule is CCOc1cc(C(Nc2ccc(C#N)c(F)c2)C(=O)NS(=O)(=O)c2ccccc2)ccc1OC(C)C. The van der Waals surface area contributed by atoms with E-state index in [0.29, 0.717) is 23.7 Å². The van der Waals surface area contributed by atoms with E-state index in [-0.39, 0.29) is 22.3 Å². The van der Waals surface area contributed by atoms with Crippen molar-refractivity contribution >= 4 is 21.6 Å². The molecule has 3 aromatic rings. The molecule has 2 N–H and O–H groups in total. The lowest BCUT2D eigenvalue weighted by molar-refractivity contribution is -0.120. The van der Waals surface area contributed by atoms with Crippen LogP contribution < -0.4 is 19.5 Å². The fourth-order valence-electron chi connectivity index (χ4n) is 3.34. The van der Waals surface area contributed by atoms with Gasteiger partial charge in [-0.1, -0.05) is 24.3 Å². The van der Waals surface area contributed by atoms with Crippen LogP contribution in [-0.4, -0.2) is 27.0 Å². The molecule has 0 saturated heterocycles. The molecule has 1 amide bonds. The van der Waals surface area contributed by atoms with Gasteiger partial charge in [-0.15, -0.1) is 0 Å². The molecule has 0 aliphatic rings. The highest BCUT2D eigenvalue weighted by molar-refractivity contribution is 7.90. The van der Waals surface area contributed by atoms with Gasteiger partial charge in [0.25, 0.3) is 15.9 Å². The number of nitrogens with zero attached hydrogens (tertiary/aromatic N) is 1. The third-order valence-electron chi connectivity index (χ3n) is 4.91. The van der Waals surface area contributed by atoms with Gasteiger partial charge in [0.1, 0.15) is 17.9 Å². The van der Waals surface area contributed by atoms with Crippen molar-refractivity contribution in [3.63, 3.8) is 0 Å². The third kappa shape index (κ3) is 6.52. The van der Waals surface area contributed by atoms with Gasteiger partial charge in [-0.05, 0) is 68.8 Å². The number of anilines is 1. The highest BCUT2D eigenvalue weighted by atomic mass is 32.2. The van der Waals surface area contributed by atoms with E-state index in [1.54, 1.807) is 37.3 Å². The predicted octanol–water partition coefficient (Wildman–Crippen LogP) is 4.54. The zero-order valence-corrected chi connectivity index (χ0v) is 20.8. The van der Waals surface area contributed by atoms with Gasteiger partial charge >= 0.3 is 0 Å². The largest absolute Gasteiger partial charge is 0.490 e. The molecule has 0 heterocycles. The maximum Gasteiger partial charge on any atom is 0.264 e. The van der Waals surface area contributed by atoms with E-state index < -0.39 is 27.8 Å². The number of benzene rings is 3. The molecular formula is C26H26FN3O5S. The van der Waals surface area contributed by atoms with Crippen molar-refractivity contribution in [1.29, 1.82) is 5.26 Å². The molecule has 1 unspecified atom stereocenters. The summed E-state index contributed by atoms with van der Waals surface area (Å²) in [6, 6.07) is 16.4. The third-order valence-corrected chi connectivity index (χ3v) is 6.28. The Kier molecular flexibility index (Phi) is 8.51. The highest BCUT2D eigenvalue weighted by Gasteiger charge is 2.27. The maximum absolute atomic E-state index is 14.2. The maximum atomic E-state index is 14.2. The van der Waals surface area contributed by atoms with Crippen LogP contribution >= 0.6 is 0 Å². The number of rotatable bonds is 10. The van der Waals surface area contributed by atoms with Crippen molar-refractivity contribution in [2.75, 3.05) is 11.9 Å². The Hall–Kier alpha value is -4.10. The standard InChI is InChI=1S/C26H26FN3O5S/c1-4-34-24-14-18(11-13-23(24)35-17(2)3)25(29-20-12-10-19(16-28)22(27)15-20)26(31)30-36(32,33)21-8-6-5-7-9-21/h5-15,17,25,29H,4H2,1-3H3,(H,30,31). The number of halogens is 1. The Morgan fingerprint density at radius 1 is 1.06 bits per heavy atom. The molecule has 10 heteroatoms. The molecule has 0 saturated carbocycles. The van der Waals surface area contributed by atoms with E-state index >= 15 is 0 Å². The van der Waals surface area contributed by atoms with E-state index in [0.717, 1.165) is 6.07 Å². The predicted molar refractivity (Wildman–Crippen MR) is 133 cm³/mol. The minimum atomic E-state index is -4.18. The van der Waals surface area contributed by atoms with Crippen LogP contribution in [0.1, 0.15) is 37.9 Å². The Bertz CT molecular complexity index is 1370. The van der Waals surface area contributed by atoms with Crippen molar-refractivity contribution in [2.45, 2.75) is 37.8 Å². The summed E-state index contributed by atoms with van der Waals surface area (Å²) in [4.78, 5) is 13.2. The minimum absolute atomic E-state index is 0.0859. The van der Waals surface area contributed by atoms with Crippen LogP contribution in [0.5, 0.6) is 11.5 Å². The summed E-state index contributed by atoms with van der Waals surface area (Å²) in [5.74, 6) is -0.867. The minimum Gasteiger partial charge on any atom is -0.490 e. The summed E-state index contributed by atoms with van der Waals surface area (Å²) in [6.07, 6.45) is -0.134. The molecule has 36 heavy (non-hydrogen) atoms. The first-order valence-corrected chi connectivity index (χ1v) is 12.6. The van der Waals surface area contributed by atoms with Crippen molar-refractivity contribution in [3.05, 3.63) is 83.7 Å². The Balaban J connectivity index is 2.02. The molecule has 0 radical (unpaired) electrons. The lowest BCUT2D eigenvalue weighted by Gasteiger charge is -2.22. The quantitative estimate of drug-likeness (QED) is 0.410. The van der Waals surface area contributed by atoms with E-state index in [1.807, 2.05) is 13.8 Å². The normalized spacial score (nSPS) is 11.9. The number of carbonyl (C=O) groups is 1. The van der Waals surface area contributed by atoms with Crippen LogP contribution in [0.25, 0.3) is 0 Å². The van der Waals surface area contributed by atoms with Crippen LogP contribution in [0.3, 0.4) is 0 Å². The molecular weight excluding hydrogens is 485 g/mol. The fraction of sp³-hybridized carbons (Fsp3) is 0.231. The van der Waals surface area contributed by atoms with E-state index in [2.05, 4.69) is 10.0 Å². The second kappa shape index (κ2) is 11.6. The second-order valence-corrected chi connectivity index (χ2v) is 9.65. The van der Waals surface area contributed by atoms with Crippen LogP contribution in [0, 0.1) is 17.1 Å². The fourth-order valence-corrected chi connectivity index (χ4v) is 4.35. The van der Waals surface area contributed by atoms with Crippen LogP contribution in [-0.2, 0) is 14.8 Å². The van der Waals surface area contributed by atoms with Crippen LogP contribution in [0.15, 0.2) is 71.6 Å². The average molecular weight is 512 g/mol. The molecule has 0 aliphatic heterocycles. The monoisotopic (exact) mass is 511 g/mol. The van der Waals surface area contributed by atoms with Crippen molar-refractivity contribution in [1.82, 2.24) is 4.72 Å². The Morgan fingerprint density at radius 2 is 1.78 bits per heavy atom. The van der Waals surface area contributed by atoms with E-state index in [4.69, 9.17) is 14.7 Å². The first-order chi connectivity index (χ1) is 17.1. The molecule has 3 aromatic carbocycles. The number of hydrogen-bond donors (Lipinski definition) is 2. The first kappa shape index (κ1) is 26.5. The number of nitriles is 1. The van der Waals surface area contributed by atoms with Gasteiger partial charge in [0.15, 0.2) is 11.5 Å². The molecule has 0 fully saturated rings. The summed E-state index contributed by atoms with van der Waals surface area (Å²) in [5.41, 5.74) is 0.353. The molecule has 0 aliphatic carbocycles. The van der Waals surface area contributed by atoms with Crippen molar-refractivity contribution in [3.8, 4) is 17.6 Å². The van der Waals surface area contributed by atoms with Gasteiger partial charge in [-0.3, -0.25) is 4.79 Å². The number of carbonyl (C=O) groups excluding carboxylic acids is 1. The zero-order chi connectivity index (χ0) is 26.3. The van der Waals surface area contributed by atoms with Gasteiger partial charge in [-0.25, -0.2) is 17.5 Å². The molecule has 0 aromatic heterocycles. The smallest absolute Gasteiger partial charge is 0.264 e. The van der Waals surface area contributed by atoms with Crippen molar-refractivity contribution in [2.24, 2.45) is 0 Å². The first-order valence-electron chi connectivity index (χ1n) is 11.2. The lowest BCUT2D eigenvalue weighted by atomic mass is 10.0. The summed E-state index contributed by atoms with van der Waals surface area (Å²) in [6.45, 7) is 5.83. The van der Waals surface area contributed by atoms with Gasteiger partial charge < -0.3 is 14.8 Å². The molecule has 0 bridgehead atoms. The topological polar surface area (TPSA) is 118 Å². The summed E-state index contributed by atoms with van der Waals surface area (Å²) in [7, 11) is -4.18. The number of nitrogens with one attached hydrogen (secondary N) is 2.